The molecule has 1 N–H and O–H groups in total. The molecule has 0 radical (unpaired) electrons. The standard InChI is InChI=1S/C21H23N3O4S/c1-12-19(13(2)25)21(24-20(23-12)14-7-8-14)29-11-18(26)22-9-15-10-27-16-5-3-4-6-17(16)28-15/h3-6,14-15H,7-11H2,1-2H3,(H,22,26). The Bertz CT molecular complexity index is 946. The quantitative estimate of drug-likeness (QED) is 0.424. The lowest BCUT2D eigenvalue weighted by molar-refractivity contribution is -0.119. The van der Waals surface area contributed by atoms with Crippen molar-refractivity contribution in [1.29, 1.82) is 0 Å². The maximum absolute atomic E-state index is 12.3. The number of ketones is 1. The predicted octanol–water partition coefficient (Wildman–Crippen LogP) is 2.91. The molecule has 1 amide bonds. The number of hydrogen-bond donors (Lipinski definition) is 1. The molecule has 0 bridgehead atoms. The van der Waals surface area contributed by atoms with E-state index in [0.717, 1.165) is 18.7 Å². The van der Waals surface area contributed by atoms with E-state index in [0.29, 0.717) is 46.9 Å². The van der Waals surface area contributed by atoms with Gasteiger partial charge >= 0.3 is 0 Å². The molecule has 152 valence electrons. The Morgan fingerprint density at radius 2 is 1.97 bits per heavy atom. The van der Waals surface area contributed by atoms with Crippen molar-refractivity contribution in [3.8, 4) is 11.5 Å². The Morgan fingerprint density at radius 3 is 2.69 bits per heavy atom. The van der Waals surface area contributed by atoms with Crippen LogP contribution in [-0.4, -0.2) is 46.7 Å². The van der Waals surface area contributed by atoms with Gasteiger partial charge in [0, 0.05) is 5.92 Å². The minimum Gasteiger partial charge on any atom is -0.486 e. The first-order valence-corrected chi connectivity index (χ1v) is 10.7. The van der Waals surface area contributed by atoms with Crippen molar-refractivity contribution >= 4 is 23.5 Å². The third-order valence-electron chi connectivity index (χ3n) is 4.80. The Morgan fingerprint density at radius 1 is 1.21 bits per heavy atom. The van der Waals surface area contributed by atoms with Crippen LogP contribution in [0.25, 0.3) is 0 Å². The minimum atomic E-state index is -0.241. The summed E-state index contributed by atoms with van der Waals surface area (Å²) in [5.74, 6) is 2.51. The summed E-state index contributed by atoms with van der Waals surface area (Å²) >= 11 is 1.28. The first kappa shape index (κ1) is 19.7. The fourth-order valence-corrected chi connectivity index (χ4v) is 4.14. The van der Waals surface area contributed by atoms with E-state index >= 15 is 0 Å². The lowest BCUT2D eigenvalue weighted by atomic mass is 10.2. The van der Waals surface area contributed by atoms with E-state index in [1.165, 1.54) is 18.7 Å². The van der Waals surface area contributed by atoms with Gasteiger partial charge in [0.15, 0.2) is 17.3 Å². The van der Waals surface area contributed by atoms with Crippen LogP contribution in [0, 0.1) is 6.92 Å². The summed E-state index contributed by atoms with van der Waals surface area (Å²) in [4.78, 5) is 33.4. The van der Waals surface area contributed by atoms with Crippen LogP contribution in [0.1, 0.15) is 47.6 Å². The minimum absolute atomic E-state index is 0.0841. The molecule has 4 rings (SSSR count). The molecule has 2 aliphatic rings. The summed E-state index contributed by atoms with van der Waals surface area (Å²) in [6.45, 7) is 4.07. The van der Waals surface area contributed by atoms with Crippen molar-refractivity contribution in [2.45, 2.75) is 43.7 Å². The maximum Gasteiger partial charge on any atom is 0.230 e. The Labute approximate surface area is 173 Å². The van der Waals surface area contributed by atoms with Gasteiger partial charge in [-0.05, 0) is 38.8 Å². The Balaban J connectivity index is 1.33. The number of hydrogen-bond acceptors (Lipinski definition) is 7. The van der Waals surface area contributed by atoms with Crippen LogP contribution in [0.3, 0.4) is 0 Å². The van der Waals surface area contributed by atoms with Gasteiger partial charge in [-0.1, -0.05) is 23.9 Å². The third-order valence-corrected chi connectivity index (χ3v) is 5.78. The van der Waals surface area contributed by atoms with Crippen molar-refractivity contribution in [3.63, 3.8) is 0 Å². The van der Waals surface area contributed by atoms with Crippen molar-refractivity contribution in [1.82, 2.24) is 15.3 Å². The summed E-state index contributed by atoms with van der Waals surface area (Å²) in [5.41, 5.74) is 1.19. The largest absolute Gasteiger partial charge is 0.486 e. The normalized spacial score (nSPS) is 17.7. The number of para-hydroxylation sites is 2. The summed E-state index contributed by atoms with van der Waals surface area (Å²) < 4.78 is 11.5. The molecule has 1 aromatic heterocycles. The van der Waals surface area contributed by atoms with Crippen LogP contribution < -0.4 is 14.8 Å². The fraction of sp³-hybridized carbons (Fsp3) is 0.429. The molecule has 2 heterocycles. The Hall–Kier alpha value is -2.61. The van der Waals surface area contributed by atoms with Gasteiger partial charge in [-0.2, -0.15) is 0 Å². The van der Waals surface area contributed by atoms with E-state index in [-0.39, 0.29) is 23.5 Å². The number of aryl methyl sites for hydroxylation is 1. The second kappa shape index (κ2) is 8.41. The number of thioether (sulfide) groups is 1. The maximum atomic E-state index is 12.3. The lowest BCUT2D eigenvalue weighted by Crippen LogP contribution is -2.41. The zero-order valence-electron chi connectivity index (χ0n) is 16.4. The Kier molecular flexibility index (Phi) is 5.71. The van der Waals surface area contributed by atoms with Gasteiger partial charge in [-0.25, -0.2) is 9.97 Å². The molecule has 0 saturated heterocycles. The van der Waals surface area contributed by atoms with Crippen LogP contribution in [0.15, 0.2) is 29.3 Å². The van der Waals surface area contributed by atoms with Crippen LogP contribution in [0.2, 0.25) is 0 Å². The molecule has 1 aliphatic carbocycles. The average Bonchev–Trinajstić information content (AvgIpc) is 3.55. The molecule has 0 spiro atoms. The van der Waals surface area contributed by atoms with Crippen molar-refractivity contribution in [3.05, 3.63) is 41.3 Å². The number of ether oxygens (including phenoxy) is 2. The van der Waals surface area contributed by atoms with Gasteiger partial charge in [-0.3, -0.25) is 9.59 Å². The zero-order chi connectivity index (χ0) is 20.4. The average molecular weight is 413 g/mol. The van der Waals surface area contributed by atoms with Crippen molar-refractivity contribution in [2.24, 2.45) is 0 Å². The first-order valence-electron chi connectivity index (χ1n) is 9.68. The van der Waals surface area contributed by atoms with Gasteiger partial charge in [0.05, 0.1) is 23.6 Å². The highest BCUT2D eigenvalue weighted by molar-refractivity contribution is 8.00. The topological polar surface area (TPSA) is 90.4 Å². The summed E-state index contributed by atoms with van der Waals surface area (Å²) in [7, 11) is 0. The van der Waals surface area contributed by atoms with E-state index in [4.69, 9.17) is 9.47 Å². The number of carbonyl (C=O) groups is 2. The summed E-state index contributed by atoms with van der Waals surface area (Å²) in [6, 6.07) is 7.47. The molecule has 29 heavy (non-hydrogen) atoms. The second-order valence-corrected chi connectivity index (χ2v) is 8.23. The highest BCUT2D eigenvalue weighted by Crippen LogP contribution is 2.39. The molecule has 1 aliphatic heterocycles. The molecule has 1 atom stereocenters. The molecular weight excluding hydrogens is 390 g/mol. The number of amides is 1. The number of carbonyl (C=O) groups excluding carboxylic acids is 2. The zero-order valence-corrected chi connectivity index (χ0v) is 17.3. The lowest BCUT2D eigenvalue weighted by Gasteiger charge is -2.26. The number of fused-ring (bicyclic) bond motifs is 1. The molecular formula is C21H23N3O4S. The monoisotopic (exact) mass is 413 g/mol. The number of benzene rings is 1. The highest BCUT2D eigenvalue weighted by Gasteiger charge is 2.29. The second-order valence-electron chi connectivity index (χ2n) is 7.27. The molecule has 7 nitrogen and oxygen atoms in total. The van der Waals surface area contributed by atoms with Crippen molar-refractivity contribution < 1.29 is 19.1 Å². The van der Waals surface area contributed by atoms with E-state index in [1.54, 1.807) is 0 Å². The highest BCUT2D eigenvalue weighted by atomic mass is 32.2. The van der Waals surface area contributed by atoms with Crippen LogP contribution in [0.5, 0.6) is 11.5 Å². The molecule has 1 aromatic carbocycles. The molecule has 1 fully saturated rings. The van der Waals surface area contributed by atoms with E-state index in [9.17, 15) is 9.59 Å². The van der Waals surface area contributed by atoms with Gasteiger partial charge in [0.2, 0.25) is 5.91 Å². The number of nitrogens with zero attached hydrogens (tertiary/aromatic N) is 2. The first-order chi connectivity index (χ1) is 14.0. The number of aromatic nitrogens is 2. The van der Waals surface area contributed by atoms with Crippen molar-refractivity contribution in [2.75, 3.05) is 18.9 Å². The third kappa shape index (κ3) is 4.70. The summed E-state index contributed by atoms with van der Waals surface area (Å²) in [6.07, 6.45) is 1.92. The van der Waals surface area contributed by atoms with E-state index in [2.05, 4.69) is 15.3 Å². The summed E-state index contributed by atoms with van der Waals surface area (Å²) in [5, 5.41) is 3.46. The SMILES string of the molecule is CC(=O)c1c(C)nc(C2CC2)nc1SCC(=O)NCC1COc2ccccc2O1. The molecule has 2 aromatic rings. The van der Waals surface area contributed by atoms with E-state index in [1.807, 2.05) is 31.2 Å². The molecule has 1 saturated carbocycles. The van der Waals surface area contributed by atoms with Gasteiger partial charge in [0.25, 0.3) is 0 Å². The number of nitrogens with one attached hydrogen (secondary N) is 1. The van der Waals surface area contributed by atoms with Crippen LogP contribution in [0.4, 0.5) is 0 Å². The number of Topliss-reactive ketones (excluding diaryl/α,β-unsaturated/α-hetero) is 1. The van der Waals surface area contributed by atoms with Gasteiger partial charge < -0.3 is 14.8 Å². The van der Waals surface area contributed by atoms with Gasteiger partial charge in [-0.15, -0.1) is 0 Å². The number of rotatable bonds is 7. The molecule has 8 heteroatoms. The van der Waals surface area contributed by atoms with E-state index < -0.39 is 0 Å². The van der Waals surface area contributed by atoms with Crippen LogP contribution in [-0.2, 0) is 4.79 Å². The molecule has 1 unspecified atom stereocenters. The fourth-order valence-electron chi connectivity index (χ4n) is 3.18. The predicted molar refractivity (Wildman–Crippen MR) is 109 cm³/mol. The van der Waals surface area contributed by atoms with Gasteiger partial charge in [0.1, 0.15) is 23.6 Å². The smallest absolute Gasteiger partial charge is 0.230 e. The van der Waals surface area contributed by atoms with Crippen LogP contribution >= 0.6 is 11.8 Å².